The first kappa shape index (κ1) is 20.0. The highest BCUT2D eigenvalue weighted by atomic mass is 16.5. The van der Waals surface area contributed by atoms with Crippen LogP contribution in [-0.4, -0.2) is 31.1 Å². The van der Waals surface area contributed by atoms with E-state index in [0.717, 1.165) is 23.3 Å². The third-order valence-electron chi connectivity index (χ3n) is 4.68. The van der Waals surface area contributed by atoms with Crippen LogP contribution in [0.4, 0.5) is 0 Å². The molecule has 0 fully saturated rings. The van der Waals surface area contributed by atoms with Gasteiger partial charge in [-0.2, -0.15) is 5.26 Å². The number of amides is 1. The van der Waals surface area contributed by atoms with Gasteiger partial charge in [-0.25, -0.2) is 0 Å². The molecule has 3 N–H and O–H groups in total. The molecular weight excluding hydrogens is 364 g/mol. The number of aromatic amines is 1. The topological polar surface area (TPSA) is 89.9 Å². The molecule has 2 aromatic carbocycles. The molecule has 0 unspecified atom stereocenters. The van der Waals surface area contributed by atoms with E-state index in [0.29, 0.717) is 19.5 Å². The van der Waals surface area contributed by atoms with Gasteiger partial charge in [0.15, 0.2) is 0 Å². The Morgan fingerprint density at radius 3 is 2.69 bits per heavy atom. The Labute approximate surface area is 170 Å². The first-order valence-electron chi connectivity index (χ1n) is 9.51. The average molecular weight is 388 g/mol. The largest absolute Gasteiger partial charge is 0.497 e. The highest BCUT2D eigenvalue weighted by molar-refractivity contribution is 5.97. The van der Waals surface area contributed by atoms with Crippen molar-refractivity contribution in [3.05, 3.63) is 77.6 Å². The summed E-state index contributed by atoms with van der Waals surface area (Å²) in [7, 11) is 1.62. The van der Waals surface area contributed by atoms with Crippen LogP contribution >= 0.6 is 0 Å². The number of carbonyl (C=O) groups excluding carboxylic acids is 1. The van der Waals surface area contributed by atoms with Crippen LogP contribution < -0.4 is 15.4 Å². The van der Waals surface area contributed by atoms with E-state index in [9.17, 15) is 10.1 Å². The molecule has 0 atom stereocenters. The van der Waals surface area contributed by atoms with Crippen molar-refractivity contribution in [1.82, 2.24) is 15.6 Å². The van der Waals surface area contributed by atoms with Gasteiger partial charge in [0, 0.05) is 36.4 Å². The number of fused-ring (bicyclic) bond motifs is 1. The van der Waals surface area contributed by atoms with E-state index in [-0.39, 0.29) is 11.5 Å². The van der Waals surface area contributed by atoms with Crippen molar-refractivity contribution >= 4 is 16.8 Å². The third kappa shape index (κ3) is 5.39. The number of aromatic nitrogens is 1. The predicted molar refractivity (Wildman–Crippen MR) is 113 cm³/mol. The molecule has 0 radical (unpaired) electrons. The number of hydrogen-bond acceptors (Lipinski definition) is 4. The highest BCUT2D eigenvalue weighted by Crippen LogP contribution is 2.17. The number of nitriles is 1. The van der Waals surface area contributed by atoms with Crippen LogP contribution in [-0.2, 0) is 17.6 Å². The van der Waals surface area contributed by atoms with E-state index in [4.69, 9.17) is 4.74 Å². The predicted octanol–water partition coefficient (Wildman–Crippen LogP) is 3.07. The summed E-state index contributed by atoms with van der Waals surface area (Å²) in [5.74, 6) is 0.423. The summed E-state index contributed by atoms with van der Waals surface area (Å²) in [6.45, 7) is 1.09. The van der Waals surface area contributed by atoms with Crippen LogP contribution in [0.1, 0.15) is 11.1 Å². The summed E-state index contributed by atoms with van der Waals surface area (Å²) < 4.78 is 5.13. The first-order chi connectivity index (χ1) is 14.2. The summed E-state index contributed by atoms with van der Waals surface area (Å²) in [6.07, 6.45) is 4.95. The second kappa shape index (κ2) is 10.00. The van der Waals surface area contributed by atoms with Gasteiger partial charge in [0.05, 0.1) is 7.11 Å². The molecule has 0 bridgehead atoms. The highest BCUT2D eigenvalue weighted by Gasteiger charge is 2.08. The van der Waals surface area contributed by atoms with Gasteiger partial charge in [-0.15, -0.1) is 0 Å². The summed E-state index contributed by atoms with van der Waals surface area (Å²) >= 11 is 0. The molecule has 29 heavy (non-hydrogen) atoms. The fourth-order valence-electron chi connectivity index (χ4n) is 3.08. The first-order valence-corrected chi connectivity index (χ1v) is 9.51. The van der Waals surface area contributed by atoms with Crippen LogP contribution in [0.2, 0.25) is 0 Å². The minimum absolute atomic E-state index is 0.0682. The van der Waals surface area contributed by atoms with Gasteiger partial charge in [-0.3, -0.25) is 4.79 Å². The second-order valence-corrected chi connectivity index (χ2v) is 6.59. The van der Waals surface area contributed by atoms with Gasteiger partial charge in [0.2, 0.25) is 0 Å². The van der Waals surface area contributed by atoms with Gasteiger partial charge >= 0.3 is 0 Å². The van der Waals surface area contributed by atoms with Gasteiger partial charge in [-0.05, 0) is 42.2 Å². The zero-order valence-electron chi connectivity index (χ0n) is 16.4. The number of benzene rings is 2. The molecule has 0 spiro atoms. The maximum absolute atomic E-state index is 12.2. The van der Waals surface area contributed by atoms with Gasteiger partial charge in [-0.1, -0.05) is 30.3 Å². The van der Waals surface area contributed by atoms with E-state index in [2.05, 4.69) is 21.7 Å². The molecule has 148 valence electrons. The van der Waals surface area contributed by atoms with Gasteiger partial charge < -0.3 is 20.4 Å². The fraction of sp³-hybridized carbons (Fsp3) is 0.217. The zero-order chi connectivity index (χ0) is 20.5. The van der Waals surface area contributed by atoms with Crippen LogP contribution in [0.25, 0.3) is 10.9 Å². The number of carbonyl (C=O) groups is 1. The second-order valence-electron chi connectivity index (χ2n) is 6.59. The Hall–Kier alpha value is -3.72. The van der Waals surface area contributed by atoms with Crippen molar-refractivity contribution in [2.24, 2.45) is 0 Å². The van der Waals surface area contributed by atoms with E-state index in [1.807, 2.05) is 54.7 Å². The SMILES string of the molecule is COc1ccc(CCNC(=O)/C(C#N)=C\NCCc2c[nH]c3ccccc23)cc1. The Morgan fingerprint density at radius 1 is 1.14 bits per heavy atom. The van der Waals surface area contributed by atoms with E-state index >= 15 is 0 Å². The molecule has 1 amide bonds. The minimum Gasteiger partial charge on any atom is -0.497 e. The summed E-state index contributed by atoms with van der Waals surface area (Å²) in [5.41, 5.74) is 3.46. The standard InChI is InChI=1S/C23H24N4O2/c1-29-20-8-6-17(7-9-20)10-13-26-23(28)19(14-24)15-25-12-11-18-16-27-22-5-3-2-4-21(18)22/h2-9,15-16,25,27H,10-13H2,1H3,(H,26,28)/b19-15-. The summed E-state index contributed by atoms with van der Waals surface area (Å²) in [4.78, 5) is 15.4. The molecular formula is C23H24N4O2. The van der Waals surface area contributed by atoms with Gasteiger partial charge in [0.25, 0.3) is 5.91 Å². The Balaban J connectivity index is 1.44. The fourth-order valence-corrected chi connectivity index (χ4v) is 3.08. The molecule has 0 aliphatic heterocycles. The average Bonchev–Trinajstić information content (AvgIpc) is 3.17. The van der Waals surface area contributed by atoms with Crippen molar-refractivity contribution in [1.29, 1.82) is 5.26 Å². The number of nitrogens with zero attached hydrogens (tertiary/aromatic N) is 1. The van der Waals surface area contributed by atoms with E-state index in [1.54, 1.807) is 7.11 Å². The molecule has 0 aliphatic carbocycles. The molecule has 3 rings (SSSR count). The quantitative estimate of drug-likeness (QED) is 0.299. The van der Waals surface area contributed by atoms with Crippen LogP contribution in [0, 0.1) is 11.3 Å². The maximum Gasteiger partial charge on any atom is 0.263 e. The lowest BCUT2D eigenvalue weighted by Gasteiger charge is -2.06. The summed E-state index contributed by atoms with van der Waals surface area (Å²) in [5, 5.41) is 16.3. The van der Waals surface area contributed by atoms with Crippen LogP contribution in [0.3, 0.4) is 0 Å². The zero-order valence-corrected chi connectivity index (χ0v) is 16.4. The number of ether oxygens (including phenoxy) is 1. The molecule has 0 aliphatic rings. The van der Waals surface area contributed by atoms with Crippen molar-refractivity contribution < 1.29 is 9.53 Å². The number of rotatable bonds is 9. The van der Waals surface area contributed by atoms with E-state index < -0.39 is 0 Å². The third-order valence-corrected chi connectivity index (χ3v) is 4.68. The van der Waals surface area contributed by atoms with Crippen molar-refractivity contribution in [3.63, 3.8) is 0 Å². The Kier molecular flexibility index (Phi) is 6.90. The summed E-state index contributed by atoms with van der Waals surface area (Å²) in [6, 6.07) is 17.8. The number of para-hydroxylation sites is 1. The number of hydrogen-bond donors (Lipinski definition) is 3. The molecule has 1 aromatic heterocycles. The monoisotopic (exact) mass is 388 g/mol. The number of H-pyrrole nitrogens is 1. The van der Waals surface area contributed by atoms with Crippen molar-refractivity contribution in [2.45, 2.75) is 12.8 Å². The molecule has 6 heteroatoms. The number of nitrogens with one attached hydrogen (secondary N) is 3. The Bertz CT molecular complexity index is 1030. The smallest absolute Gasteiger partial charge is 0.263 e. The van der Waals surface area contributed by atoms with E-state index in [1.165, 1.54) is 17.1 Å². The molecule has 3 aromatic rings. The maximum atomic E-state index is 12.2. The molecule has 0 saturated heterocycles. The van der Waals surface area contributed by atoms with Crippen LogP contribution in [0.15, 0.2) is 66.5 Å². The lowest BCUT2D eigenvalue weighted by molar-refractivity contribution is -0.117. The molecule has 6 nitrogen and oxygen atoms in total. The minimum atomic E-state index is -0.374. The number of methoxy groups -OCH3 is 1. The molecule has 1 heterocycles. The van der Waals surface area contributed by atoms with Crippen LogP contribution in [0.5, 0.6) is 5.75 Å². The normalized spacial score (nSPS) is 11.1. The lowest BCUT2D eigenvalue weighted by atomic mass is 10.1. The van der Waals surface area contributed by atoms with Crippen molar-refractivity contribution in [3.8, 4) is 11.8 Å². The van der Waals surface area contributed by atoms with Gasteiger partial charge in [0.1, 0.15) is 17.4 Å². The lowest BCUT2D eigenvalue weighted by Crippen LogP contribution is -2.27. The Morgan fingerprint density at radius 2 is 1.93 bits per heavy atom. The molecule has 0 saturated carbocycles. The van der Waals surface area contributed by atoms with Crippen molar-refractivity contribution in [2.75, 3.05) is 20.2 Å².